The van der Waals surface area contributed by atoms with Gasteiger partial charge < -0.3 is 10.1 Å². The average molecular weight is 483 g/mol. The molecule has 174 valence electrons. The van der Waals surface area contributed by atoms with Crippen molar-refractivity contribution in [1.29, 1.82) is 0 Å². The summed E-state index contributed by atoms with van der Waals surface area (Å²) >= 11 is 6.07. The maximum atomic E-state index is 13.6. The van der Waals surface area contributed by atoms with E-state index in [1.54, 1.807) is 25.3 Å². The lowest BCUT2D eigenvalue weighted by atomic mass is 10.0. The number of fused-ring (bicyclic) bond motifs is 1. The summed E-state index contributed by atoms with van der Waals surface area (Å²) in [6.07, 6.45) is 0. The fourth-order valence-corrected chi connectivity index (χ4v) is 4.16. The molecular weight excluding hydrogens is 460 g/mol. The number of benzene rings is 3. The third-order valence-electron chi connectivity index (χ3n) is 5.93. The number of amides is 1. The number of rotatable bonds is 6. The van der Waals surface area contributed by atoms with Crippen molar-refractivity contribution in [2.75, 3.05) is 7.11 Å². The van der Waals surface area contributed by atoms with Gasteiger partial charge in [-0.3, -0.25) is 9.89 Å². The van der Waals surface area contributed by atoms with E-state index in [9.17, 15) is 4.79 Å². The Hall–Kier alpha value is -4.16. The smallest absolute Gasteiger partial charge is 0.252 e. The minimum Gasteiger partial charge on any atom is -0.497 e. The van der Waals surface area contributed by atoms with Crippen LogP contribution in [-0.4, -0.2) is 28.2 Å². The second kappa shape index (κ2) is 9.60. The van der Waals surface area contributed by atoms with Crippen molar-refractivity contribution in [3.8, 4) is 28.3 Å². The van der Waals surface area contributed by atoms with Crippen LogP contribution < -0.4 is 10.1 Å². The van der Waals surface area contributed by atoms with Gasteiger partial charge in [-0.1, -0.05) is 54.1 Å². The molecule has 2 N–H and O–H groups in total. The van der Waals surface area contributed by atoms with Crippen molar-refractivity contribution in [3.05, 3.63) is 101 Å². The van der Waals surface area contributed by atoms with Crippen LogP contribution in [0.15, 0.2) is 84.9 Å². The Morgan fingerprint density at radius 2 is 1.66 bits per heavy atom. The fraction of sp³-hybridized carbons (Fsp3) is 0.107. The van der Waals surface area contributed by atoms with E-state index in [1.165, 1.54) is 0 Å². The van der Waals surface area contributed by atoms with Crippen molar-refractivity contribution >= 4 is 28.5 Å². The number of H-pyrrole nitrogens is 1. The van der Waals surface area contributed by atoms with E-state index in [2.05, 4.69) is 15.5 Å². The van der Waals surface area contributed by atoms with E-state index < -0.39 is 0 Å². The maximum absolute atomic E-state index is 13.6. The first-order chi connectivity index (χ1) is 17.0. The number of carbonyl (C=O) groups excluding carboxylic acids is 1. The highest BCUT2D eigenvalue weighted by molar-refractivity contribution is 6.30. The molecule has 2 heterocycles. The van der Waals surface area contributed by atoms with Crippen molar-refractivity contribution < 1.29 is 9.53 Å². The molecule has 0 saturated heterocycles. The van der Waals surface area contributed by atoms with Crippen LogP contribution >= 0.6 is 11.6 Å². The van der Waals surface area contributed by atoms with Crippen molar-refractivity contribution in [2.24, 2.45) is 0 Å². The predicted molar refractivity (Wildman–Crippen MR) is 139 cm³/mol. The number of ether oxygens (including phenoxy) is 1. The van der Waals surface area contributed by atoms with Crippen LogP contribution in [0, 0.1) is 0 Å². The topological polar surface area (TPSA) is 79.9 Å². The number of pyridine rings is 1. The first kappa shape index (κ1) is 22.6. The van der Waals surface area contributed by atoms with E-state index in [0.717, 1.165) is 28.1 Å². The molecule has 7 heteroatoms. The van der Waals surface area contributed by atoms with Gasteiger partial charge in [0.2, 0.25) is 0 Å². The van der Waals surface area contributed by atoms with Crippen LogP contribution in [0.3, 0.4) is 0 Å². The number of nitrogens with zero attached hydrogens (tertiary/aromatic N) is 2. The summed E-state index contributed by atoms with van der Waals surface area (Å²) in [5.74, 6) is 0.538. The summed E-state index contributed by atoms with van der Waals surface area (Å²) in [6.45, 7) is 1.96. The molecule has 2 aromatic heterocycles. The fourth-order valence-electron chi connectivity index (χ4n) is 4.04. The first-order valence-electron chi connectivity index (χ1n) is 11.2. The van der Waals surface area contributed by atoms with Crippen LogP contribution in [0.5, 0.6) is 5.75 Å². The van der Waals surface area contributed by atoms with Crippen LogP contribution in [0.1, 0.15) is 28.9 Å². The van der Waals surface area contributed by atoms with Crippen LogP contribution in [-0.2, 0) is 0 Å². The van der Waals surface area contributed by atoms with Gasteiger partial charge in [0.1, 0.15) is 5.75 Å². The molecular formula is C28H23ClN4O2. The molecule has 0 bridgehead atoms. The molecule has 0 aliphatic rings. The number of methoxy groups -OCH3 is 1. The number of hydrogen-bond acceptors (Lipinski definition) is 4. The van der Waals surface area contributed by atoms with E-state index in [4.69, 9.17) is 21.3 Å². The molecule has 1 atom stereocenters. The summed E-state index contributed by atoms with van der Waals surface area (Å²) in [4.78, 5) is 18.4. The lowest BCUT2D eigenvalue weighted by molar-refractivity contribution is 0.0941. The second-order valence-corrected chi connectivity index (χ2v) is 8.63. The predicted octanol–water partition coefficient (Wildman–Crippen LogP) is 6.44. The first-order valence-corrected chi connectivity index (χ1v) is 11.6. The van der Waals surface area contributed by atoms with Gasteiger partial charge >= 0.3 is 0 Å². The Kier molecular flexibility index (Phi) is 6.21. The SMILES string of the molecule is COc1ccc(-c2[nH]nc3nc(-c4ccc(Cl)cc4)cc(C(=O)NC(C)c4ccccc4)c23)cc1. The summed E-state index contributed by atoms with van der Waals surface area (Å²) < 4.78 is 5.28. The monoisotopic (exact) mass is 482 g/mol. The van der Waals surface area contributed by atoms with Gasteiger partial charge in [-0.25, -0.2) is 4.98 Å². The summed E-state index contributed by atoms with van der Waals surface area (Å²) in [7, 11) is 1.62. The minimum atomic E-state index is -0.208. The summed E-state index contributed by atoms with van der Waals surface area (Å²) in [5, 5.41) is 11.9. The molecule has 0 saturated carbocycles. The molecule has 5 rings (SSSR count). The van der Waals surface area contributed by atoms with Gasteiger partial charge in [0, 0.05) is 16.1 Å². The normalized spacial score (nSPS) is 11.9. The summed E-state index contributed by atoms with van der Waals surface area (Å²) in [6, 6.07) is 26.4. The van der Waals surface area contributed by atoms with Gasteiger partial charge in [0.05, 0.1) is 35.5 Å². The zero-order valence-electron chi connectivity index (χ0n) is 19.2. The highest BCUT2D eigenvalue weighted by atomic mass is 35.5. The maximum Gasteiger partial charge on any atom is 0.252 e. The third kappa shape index (κ3) is 4.61. The highest BCUT2D eigenvalue weighted by Gasteiger charge is 2.22. The molecule has 0 spiro atoms. The summed E-state index contributed by atoms with van der Waals surface area (Å²) in [5.41, 5.74) is 5.04. The molecule has 6 nitrogen and oxygen atoms in total. The lowest BCUT2D eigenvalue weighted by Gasteiger charge is -2.15. The van der Waals surface area contributed by atoms with Crippen molar-refractivity contribution in [1.82, 2.24) is 20.5 Å². The third-order valence-corrected chi connectivity index (χ3v) is 6.19. The Morgan fingerprint density at radius 3 is 2.34 bits per heavy atom. The molecule has 5 aromatic rings. The molecule has 1 unspecified atom stereocenters. The quantitative estimate of drug-likeness (QED) is 0.291. The molecule has 0 fully saturated rings. The van der Waals surface area contributed by atoms with Crippen LogP contribution in [0.25, 0.3) is 33.5 Å². The van der Waals surface area contributed by atoms with Crippen molar-refractivity contribution in [3.63, 3.8) is 0 Å². The van der Waals surface area contributed by atoms with Gasteiger partial charge in [-0.2, -0.15) is 5.10 Å². The Morgan fingerprint density at radius 1 is 0.971 bits per heavy atom. The van der Waals surface area contributed by atoms with Gasteiger partial charge in [-0.15, -0.1) is 0 Å². The number of nitrogens with one attached hydrogen (secondary N) is 2. The van der Waals surface area contributed by atoms with Gasteiger partial charge in [-0.05, 0) is 55.0 Å². The van der Waals surface area contributed by atoms with E-state index in [-0.39, 0.29) is 11.9 Å². The Labute approximate surface area is 207 Å². The number of carbonyl (C=O) groups is 1. The molecule has 0 aliphatic carbocycles. The Balaban J connectivity index is 1.63. The largest absolute Gasteiger partial charge is 0.497 e. The van der Waals surface area contributed by atoms with E-state index in [0.29, 0.717) is 27.3 Å². The average Bonchev–Trinajstić information content (AvgIpc) is 3.33. The zero-order chi connectivity index (χ0) is 24.4. The van der Waals surface area contributed by atoms with Crippen LogP contribution in [0.2, 0.25) is 5.02 Å². The molecule has 0 radical (unpaired) electrons. The molecule has 3 aromatic carbocycles. The van der Waals surface area contributed by atoms with E-state index in [1.807, 2.05) is 73.7 Å². The molecule has 0 aliphatic heterocycles. The number of hydrogen-bond donors (Lipinski definition) is 2. The van der Waals surface area contributed by atoms with Gasteiger partial charge in [0.15, 0.2) is 5.65 Å². The highest BCUT2D eigenvalue weighted by Crippen LogP contribution is 2.33. The second-order valence-electron chi connectivity index (χ2n) is 8.19. The Bertz CT molecular complexity index is 1480. The number of aromatic amines is 1. The van der Waals surface area contributed by atoms with Gasteiger partial charge in [0.25, 0.3) is 5.91 Å². The zero-order valence-corrected chi connectivity index (χ0v) is 20.0. The molecule has 1 amide bonds. The number of halogens is 1. The van der Waals surface area contributed by atoms with Crippen molar-refractivity contribution in [2.45, 2.75) is 13.0 Å². The minimum absolute atomic E-state index is 0.178. The lowest BCUT2D eigenvalue weighted by Crippen LogP contribution is -2.27. The van der Waals surface area contributed by atoms with E-state index >= 15 is 0 Å². The standard InChI is InChI=1S/C28H23ClN4O2/c1-17(18-6-4-3-5-7-18)30-28(34)23-16-24(19-8-12-21(29)13-9-19)31-27-25(23)26(32-33-27)20-10-14-22(35-2)15-11-20/h3-17H,1-2H3,(H,30,34)(H,31,32,33). The van der Waals surface area contributed by atoms with Crippen LogP contribution in [0.4, 0.5) is 0 Å². The number of aromatic nitrogens is 3. The molecule has 35 heavy (non-hydrogen) atoms.